The minimum atomic E-state index is -3.73. The van der Waals surface area contributed by atoms with Crippen LogP contribution in [-0.2, 0) is 14.8 Å². The Labute approximate surface area is 126 Å². The highest BCUT2D eigenvalue weighted by molar-refractivity contribution is 7.93. The summed E-state index contributed by atoms with van der Waals surface area (Å²) in [5.41, 5.74) is 1.11. The average molecular weight is 329 g/mol. The lowest BCUT2D eigenvalue weighted by molar-refractivity contribution is 0.0531. The molecule has 114 valence electrons. The molecule has 7 nitrogen and oxygen atoms in total. The number of nitrogens with zero attached hydrogens (tertiary/aromatic N) is 1. The predicted octanol–water partition coefficient (Wildman–Crippen LogP) is 2.07. The van der Waals surface area contributed by atoms with Gasteiger partial charge in [-0.3, -0.25) is 9.82 Å². The van der Waals surface area contributed by atoms with Crippen LogP contribution in [0.2, 0.25) is 0 Å². The van der Waals surface area contributed by atoms with E-state index in [0.29, 0.717) is 21.1 Å². The second-order valence-corrected chi connectivity index (χ2v) is 7.01. The quantitative estimate of drug-likeness (QED) is 0.818. The molecule has 0 aliphatic carbocycles. The van der Waals surface area contributed by atoms with Crippen molar-refractivity contribution in [3.05, 3.63) is 28.4 Å². The summed E-state index contributed by atoms with van der Waals surface area (Å²) in [6.07, 6.45) is 1.24. The Morgan fingerprint density at radius 3 is 2.76 bits per heavy atom. The number of aromatic nitrogens is 2. The number of carbonyl (C=O) groups excluding carboxylic acids is 1. The number of esters is 1. The third-order valence-electron chi connectivity index (χ3n) is 2.69. The van der Waals surface area contributed by atoms with Crippen LogP contribution in [0.4, 0.5) is 5.00 Å². The standard InChI is InChI=1S/C12H15N3O4S2/c1-4-19-12(16)11-7(2)5-10(20-11)15-21(17,18)9-6-13-14-8(9)3/h5-6,15H,4H2,1-3H3,(H,13,14). The lowest BCUT2D eigenvalue weighted by Crippen LogP contribution is -2.12. The molecule has 9 heteroatoms. The molecule has 0 spiro atoms. The molecule has 0 radical (unpaired) electrons. The minimum absolute atomic E-state index is 0.0752. The minimum Gasteiger partial charge on any atom is -0.462 e. The molecular formula is C12H15N3O4S2. The van der Waals surface area contributed by atoms with E-state index in [1.807, 2.05) is 0 Å². The van der Waals surface area contributed by atoms with E-state index in [1.165, 1.54) is 6.20 Å². The summed E-state index contributed by atoms with van der Waals surface area (Å²) in [5.74, 6) is -0.454. The van der Waals surface area contributed by atoms with E-state index in [-0.39, 0.29) is 11.5 Å². The summed E-state index contributed by atoms with van der Waals surface area (Å²) >= 11 is 1.04. The Bertz CT molecular complexity index is 761. The fourth-order valence-corrected chi connectivity index (χ4v) is 4.12. The van der Waals surface area contributed by atoms with Gasteiger partial charge in [0, 0.05) is 0 Å². The Morgan fingerprint density at radius 1 is 1.48 bits per heavy atom. The van der Waals surface area contributed by atoms with Gasteiger partial charge < -0.3 is 4.74 Å². The van der Waals surface area contributed by atoms with Gasteiger partial charge in [0.05, 0.1) is 18.5 Å². The second-order valence-electron chi connectivity index (χ2n) is 4.31. The maximum absolute atomic E-state index is 12.2. The molecule has 0 unspecified atom stereocenters. The molecule has 0 bridgehead atoms. The smallest absolute Gasteiger partial charge is 0.348 e. The summed E-state index contributed by atoms with van der Waals surface area (Å²) in [7, 11) is -3.73. The highest BCUT2D eigenvalue weighted by Crippen LogP contribution is 2.29. The molecule has 2 heterocycles. The fourth-order valence-electron chi connectivity index (χ4n) is 1.73. The number of aryl methyl sites for hydroxylation is 2. The van der Waals surface area contributed by atoms with Gasteiger partial charge in [-0.2, -0.15) is 5.10 Å². The van der Waals surface area contributed by atoms with Crippen molar-refractivity contribution in [1.82, 2.24) is 10.2 Å². The summed E-state index contributed by atoms with van der Waals surface area (Å²) < 4.78 is 31.8. The molecule has 0 aliphatic rings. The average Bonchev–Trinajstić information content (AvgIpc) is 2.95. The van der Waals surface area contributed by atoms with Gasteiger partial charge in [-0.1, -0.05) is 0 Å². The van der Waals surface area contributed by atoms with E-state index in [0.717, 1.165) is 11.3 Å². The Morgan fingerprint density at radius 2 is 2.19 bits per heavy atom. The highest BCUT2D eigenvalue weighted by atomic mass is 32.2. The van der Waals surface area contributed by atoms with Crippen molar-refractivity contribution in [3.8, 4) is 0 Å². The van der Waals surface area contributed by atoms with Crippen LogP contribution in [-0.4, -0.2) is 31.2 Å². The number of nitrogens with one attached hydrogen (secondary N) is 2. The van der Waals surface area contributed by atoms with Crippen molar-refractivity contribution in [2.45, 2.75) is 25.7 Å². The van der Waals surface area contributed by atoms with Crippen molar-refractivity contribution in [2.75, 3.05) is 11.3 Å². The molecule has 2 N–H and O–H groups in total. The first-order chi connectivity index (χ1) is 9.85. The van der Waals surface area contributed by atoms with Gasteiger partial charge in [-0.25, -0.2) is 13.2 Å². The number of anilines is 1. The number of hydrogen-bond donors (Lipinski definition) is 2. The lowest BCUT2D eigenvalue weighted by atomic mass is 10.3. The first kappa shape index (κ1) is 15.5. The number of H-pyrrole nitrogens is 1. The third-order valence-corrected chi connectivity index (χ3v) is 5.43. The molecule has 2 rings (SSSR count). The molecule has 2 aromatic rings. The third kappa shape index (κ3) is 3.24. The number of sulfonamides is 1. The molecule has 2 aromatic heterocycles. The number of hydrogen-bond acceptors (Lipinski definition) is 6. The SMILES string of the molecule is CCOC(=O)c1sc(NS(=O)(=O)c2cn[nH]c2C)cc1C. The Kier molecular flexibility index (Phi) is 4.33. The van der Waals surface area contributed by atoms with Gasteiger partial charge in [-0.15, -0.1) is 11.3 Å². The molecule has 0 aromatic carbocycles. The number of rotatable bonds is 5. The van der Waals surface area contributed by atoms with Crippen molar-refractivity contribution in [2.24, 2.45) is 0 Å². The molecule has 0 fully saturated rings. The van der Waals surface area contributed by atoms with Gasteiger partial charge in [0.2, 0.25) is 0 Å². The summed E-state index contributed by atoms with van der Waals surface area (Å²) in [4.78, 5) is 12.2. The zero-order chi connectivity index (χ0) is 15.6. The van der Waals surface area contributed by atoms with E-state index in [1.54, 1.807) is 26.8 Å². The Balaban J connectivity index is 2.27. The number of ether oxygens (including phenoxy) is 1. The van der Waals surface area contributed by atoms with E-state index in [4.69, 9.17) is 4.74 Å². The van der Waals surface area contributed by atoms with Crippen LogP contribution in [0.25, 0.3) is 0 Å². The van der Waals surface area contributed by atoms with Crippen LogP contribution in [0, 0.1) is 13.8 Å². The van der Waals surface area contributed by atoms with Gasteiger partial charge in [-0.05, 0) is 32.4 Å². The first-order valence-electron chi connectivity index (χ1n) is 6.15. The van der Waals surface area contributed by atoms with Gasteiger partial charge in [0.15, 0.2) is 0 Å². The summed E-state index contributed by atoms with van der Waals surface area (Å²) in [5, 5.41) is 6.62. The monoisotopic (exact) mass is 329 g/mol. The maximum atomic E-state index is 12.2. The zero-order valence-electron chi connectivity index (χ0n) is 11.8. The number of aromatic amines is 1. The Hall–Kier alpha value is -1.87. The van der Waals surface area contributed by atoms with Crippen LogP contribution >= 0.6 is 11.3 Å². The van der Waals surface area contributed by atoms with Crippen LogP contribution in [0.5, 0.6) is 0 Å². The lowest BCUT2D eigenvalue weighted by Gasteiger charge is -2.04. The van der Waals surface area contributed by atoms with E-state index in [9.17, 15) is 13.2 Å². The van der Waals surface area contributed by atoms with Crippen LogP contribution < -0.4 is 4.72 Å². The molecule has 0 saturated carbocycles. The zero-order valence-corrected chi connectivity index (χ0v) is 13.4. The molecule has 0 amide bonds. The molecule has 0 aliphatic heterocycles. The van der Waals surface area contributed by atoms with E-state index >= 15 is 0 Å². The van der Waals surface area contributed by atoms with Crippen molar-refractivity contribution < 1.29 is 17.9 Å². The molecular weight excluding hydrogens is 314 g/mol. The number of thiophene rings is 1. The highest BCUT2D eigenvalue weighted by Gasteiger charge is 2.21. The molecule has 0 saturated heterocycles. The maximum Gasteiger partial charge on any atom is 0.348 e. The van der Waals surface area contributed by atoms with Crippen molar-refractivity contribution >= 4 is 32.3 Å². The van der Waals surface area contributed by atoms with Crippen LogP contribution in [0.3, 0.4) is 0 Å². The van der Waals surface area contributed by atoms with Crippen molar-refractivity contribution in [1.29, 1.82) is 0 Å². The molecule has 0 atom stereocenters. The fraction of sp³-hybridized carbons (Fsp3) is 0.333. The van der Waals surface area contributed by atoms with Gasteiger partial charge in [0.1, 0.15) is 14.8 Å². The van der Waals surface area contributed by atoms with Crippen molar-refractivity contribution in [3.63, 3.8) is 0 Å². The van der Waals surface area contributed by atoms with Crippen LogP contribution in [0.1, 0.15) is 27.9 Å². The largest absolute Gasteiger partial charge is 0.462 e. The normalized spacial score (nSPS) is 11.4. The molecule has 21 heavy (non-hydrogen) atoms. The predicted molar refractivity (Wildman–Crippen MR) is 79.1 cm³/mol. The van der Waals surface area contributed by atoms with E-state index in [2.05, 4.69) is 14.9 Å². The summed E-state index contributed by atoms with van der Waals surface area (Å²) in [6.45, 7) is 5.33. The first-order valence-corrected chi connectivity index (χ1v) is 8.45. The van der Waals surface area contributed by atoms with Crippen LogP contribution in [0.15, 0.2) is 17.2 Å². The van der Waals surface area contributed by atoms with E-state index < -0.39 is 16.0 Å². The van der Waals surface area contributed by atoms with Gasteiger partial charge in [0.25, 0.3) is 10.0 Å². The summed E-state index contributed by atoms with van der Waals surface area (Å²) in [6, 6.07) is 1.60. The second kappa shape index (κ2) is 5.86. The topological polar surface area (TPSA) is 101 Å². The van der Waals surface area contributed by atoms with Gasteiger partial charge >= 0.3 is 5.97 Å². The number of carbonyl (C=O) groups is 1.